The van der Waals surface area contributed by atoms with E-state index in [1.807, 2.05) is 20.8 Å². The molecule has 102 valence electrons. The van der Waals surface area contributed by atoms with Gasteiger partial charge in [-0.15, -0.1) is 0 Å². The summed E-state index contributed by atoms with van der Waals surface area (Å²) in [5.41, 5.74) is 0.398. The first-order valence-corrected chi connectivity index (χ1v) is 6.03. The molecule has 5 heteroatoms. The Balaban J connectivity index is 2.49. The number of rotatable bonds is 7. The predicted octanol–water partition coefficient (Wildman–Crippen LogP) is 2.19. The zero-order valence-corrected chi connectivity index (χ0v) is 11.4. The van der Waals surface area contributed by atoms with Crippen molar-refractivity contribution >= 4 is 5.97 Å². The van der Waals surface area contributed by atoms with E-state index in [1.54, 1.807) is 13.0 Å². The number of carboxylic acids is 1. The van der Waals surface area contributed by atoms with E-state index in [0.717, 1.165) is 0 Å². The minimum Gasteiger partial charge on any atom is -0.475 e. The summed E-state index contributed by atoms with van der Waals surface area (Å²) >= 11 is 0. The Bertz CT molecular complexity index is 409. The van der Waals surface area contributed by atoms with E-state index in [0.29, 0.717) is 31.0 Å². The molecular weight excluding hydrogens is 234 g/mol. The number of furan rings is 1. The van der Waals surface area contributed by atoms with Crippen molar-refractivity contribution in [1.29, 1.82) is 0 Å². The Kier molecular flexibility index (Phi) is 4.93. The van der Waals surface area contributed by atoms with E-state index in [9.17, 15) is 4.79 Å². The Morgan fingerprint density at radius 1 is 1.56 bits per heavy atom. The molecule has 2 N–H and O–H groups in total. The van der Waals surface area contributed by atoms with Gasteiger partial charge in [0.05, 0.1) is 12.1 Å². The van der Waals surface area contributed by atoms with Gasteiger partial charge >= 0.3 is 5.97 Å². The molecule has 1 aromatic rings. The third kappa shape index (κ3) is 4.16. The predicted molar refractivity (Wildman–Crippen MR) is 67.8 cm³/mol. The summed E-state index contributed by atoms with van der Waals surface area (Å²) < 4.78 is 10.8. The van der Waals surface area contributed by atoms with Gasteiger partial charge in [0.2, 0.25) is 5.76 Å². The molecule has 0 spiro atoms. The molecule has 1 heterocycles. The number of carbonyl (C=O) groups is 1. The molecule has 18 heavy (non-hydrogen) atoms. The van der Waals surface area contributed by atoms with Crippen molar-refractivity contribution in [2.45, 2.75) is 39.8 Å². The van der Waals surface area contributed by atoms with Crippen molar-refractivity contribution in [2.24, 2.45) is 0 Å². The molecule has 1 rings (SSSR count). The van der Waals surface area contributed by atoms with E-state index >= 15 is 0 Å². The Labute approximate surface area is 107 Å². The van der Waals surface area contributed by atoms with Gasteiger partial charge in [-0.05, 0) is 33.8 Å². The van der Waals surface area contributed by atoms with Crippen molar-refractivity contribution in [1.82, 2.24) is 5.32 Å². The lowest BCUT2D eigenvalue weighted by molar-refractivity contribution is -0.00923. The quantitative estimate of drug-likeness (QED) is 0.781. The lowest BCUT2D eigenvalue weighted by Gasteiger charge is -2.24. The highest BCUT2D eigenvalue weighted by Gasteiger charge is 2.18. The maximum absolute atomic E-state index is 10.8. The van der Waals surface area contributed by atoms with Crippen LogP contribution in [0.1, 0.15) is 42.6 Å². The molecule has 0 unspecified atom stereocenters. The lowest BCUT2D eigenvalue weighted by atomic mass is 10.1. The fourth-order valence-corrected chi connectivity index (χ4v) is 1.78. The van der Waals surface area contributed by atoms with Crippen LogP contribution in [0.4, 0.5) is 0 Å². The second-order valence-corrected chi connectivity index (χ2v) is 4.83. The van der Waals surface area contributed by atoms with Crippen LogP contribution >= 0.6 is 0 Å². The van der Waals surface area contributed by atoms with Crippen LogP contribution < -0.4 is 5.32 Å². The van der Waals surface area contributed by atoms with Gasteiger partial charge in [0, 0.05) is 18.7 Å². The molecule has 0 atom stereocenters. The van der Waals surface area contributed by atoms with Crippen molar-refractivity contribution in [2.75, 3.05) is 13.2 Å². The first kappa shape index (κ1) is 14.7. The number of nitrogens with one attached hydrogen (secondary N) is 1. The number of hydrogen-bond acceptors (Lipinski definition) is 4. The Hall–Kier alpha value is -1.33. The molecule has 0 aliphatic heterocycles. The minimum atomic E-state index is -1.03. The highest BCUT2D eigenvalue weighted by atomic mass is 16.5. The summed E-state index contributed by atoms with van der Waals surface area (Å²) in [6, 6.07) is 1.74. The number of aromatic carboxylic acids is 1. The highest BCUT2D eigenvalue weighted by molar-refractivity contribution is 5.86. The molecule has 0 aliphatic rings. The number of carboxylic acid groups (broad SMARTS) is 1. The molecule has 0 bridgehead atoms. The average molecular weight is 255 g/mol. The van der Waals surface area contributed by atoms with Crippen LogP contribution in [0, 0.1) is 6.92 Å². The molecule has 0 amide bonds. The van der Waals surface area contributed by atoms with Crippen LogP contribution in [0.3, 0.4) is 0 Å². The minimum absolute atomic E-state index is 0.0101. The number of hydrogen-bond donors (Lipinski definition) is 2. The first-order valence-electron chi connectivity index (χ1n) is 6.03. The second kappa shape index (κ2) is 6.02. The van der Waals surface area contributed by atoms with Gasteiger partial charge in [-0.1, -0.05) is 0 Å². The average Bonchev–Trinajstić information content (AvgIpc) is 2.59. The van der Waals surface area contributed by atoms with E-state index < -0.39 is 5.97 Å². The number of aryl methyl sites for hydroxylation is 1. The van der Waals surface area contributed by atoms with Crippen LogP contribution in [0.25, 0.3) is 0 Å². The fourth-order valence-electron chi connectivity index (χ4n) is 1.78. The maximum Gasteiger partial charge on any atom is 0.372 e. The molecule has 0 fully saturated rings. The van der Waals surface area contributed by atoms with Crippen LogP contribution in [0.2, 0.25) is 0 Å². The van der Waals surface area contributed by atoms with Crippen molar-refractivity contribution in [3.8, 4) is 0 Å². The van der Waals surface area contributed by atoms with E-state index in [4.69, 9.17) is 14.3 Å². The molecule has 5 nitrogen and oxygen atoms in total. The third-order valence-corrected chi connectivity index (χ3v) is 2.55. The van der Waals surface area contributed by atoms with Gasteiger partial charge in [-0.2, -0.15) is 0 Å². The summed E-state index contributed by atoms with van der Waals surface area (Å²) in [6.07, 6.45) is 0. The van der Waals surface area contributed by atoms with E-state index in [-0.39, 0.29) is 11.4 Å². The highest BCUT2D eigenvalue weighted by Crippen LogP contribution is 2.15. The topological polar surface area (TPSA) is 71.7 Å². The zero-order chi connectivity index (χ0) is 13.8. The zero-order valence-electron chi connectivity index (χ0n) is 11.4. The van der Waals surface area contributed by atoms with E-state index in [1.165, 1.54) is 0 Å². The SMILES string of the molecule is CCOC(C)(C)CNCc1cc(C)c(C(=O)O)o1. The van der Waals surface area contributed by atoms with Crippen LogP contribution in [0.5, 0.6) is 0 Å². The monoisotopic (exact) mass is 255 g/mol. The third-order valence-electron chi connectivity index (χ3n) is 2.55. The van der Waals surface area contributed by atoms with Crippen molar-refractivity contribution in [3.05, 3.63) is 23.2 Å². The Morgan fingerprint density at radius 3 is 2.72 bits per heavy atom. The fraction of sp³-hybridized carbons (Fsp3) is 0.615. The molecule has 0 radical (unpaired) electrons. The van der Waals surface area contributed by atoms with Crippen molar-refractivity contribution in [3.63, 3.8) is 0 Å². The smallest absolute Gasteiger partial charge is 0.372 e. The van der Waals surface area contributed by atoms with E-state index in [2.05, 4.69) is 5.32 Å². The van der Waals surface area contributed by atoms with Gasteiger partial charge in [-0.3, -0.25) is 0 Å². The molecule has 0 aliphatic carbocycles. The van der Waals surface area contributed by atoms with Gasteiger partial charge in [0.15, 0.2) is 0 Å². The lowest BCUT2D eigenvalue weighted by Crippen LogP contribution is -2.37. The van der Waals surface area contributed by atoms with Crippen LogP contribution in [0.15, 0.2) is 10.5 Å². The first-order chi connectivity index (χ1) is 8.35. The summed E-state index contributed by atoms with van der Waals surface area (Å²) in [6.45, 7) is 9.50. The molecular formula is C13H21NO4. The summed E-state index contributed by atoms with van der Waals surface area (Å²) in [5.74, 6) is -0.401. The summed E-state index contributed by atoms with van der Waals surface area (Å²) in [4.78, 5) is 10.8. The molecule has 0 saturated heterocycles. The summed E-state index contributed by atoms with van der Waals surface area (Å²) in [5, 5.41) is 12.1. The number of ether oxygens (including phenoxy) is 1. The van der Waals surface area contributed by atoms with Gasteiger partial charge < -0.3 is 19.6 Å². The standard InChI is InChI=1S/C13H21NO4/c1-5-17-13(3,4)8-14-7-10-6-9(2)11(18-10)12(15)16/h6,14H,5,7-8H2,1-4H3,(H,15,16). The Morgan fingerprint density at radius 2 is 2.22 bits per heavy atom. The van der Waals surface area contributed by atoms with Crippen LogP contribution in [-0.2, 0) is 11.3 Å². The maximum atomic E-state index is 10.8. The van der Waals surface area contributed by atoms with Gasteiger partial charge in [0.25, 0.3) is 0 Å². The molecule has 0 aromatic carbocycles. The largest absolute Gasteiger partial charge is 0.475 e. The van der Waals surface area contributed by atoms with Crippen LogP contribution in [-0.4, -0.2) is 29.8 Å². The van der Waals surface area contributed by atoms with Gasteiger partial charge in [0.1, 0.15) is 5.76 Å². The summed E-state index contributed by atoms with van der Waals surface area (Å²) in [7, 11) is 0. The second-order valence-electron chi connectivity index (χ2n) is 4.83. The normalized spacial score (nSPS) is 11.8. The molecule has 0 saturated carbocycles. The molecule has 1 aromatic heterocycles. The van der Waals surface area contributed by atoms with Crippen molar-refractivity contribution < 1.29 is 19.1 Å². The van der Waals surface area contributed by atoms with Gasteiger partial charge in [-0.25, -0.2) is 4.79 Å².